The van der Waals surface area contributed by atoms with E-state index in [0.717, 1.165) is 31.0 Å². The van der Waals surface area contributed by atoms with Crippen molar-refractivity contribution in [3.05, 3.63) is 46.7 Å². The van der Waals surface area contributed by atoms with E-state index in [-0.39, 0.29) is 24.2 Å². The van der Waals surface area contributed by atoms with Gasteiger partial charge in [-0.25, -0.2) is 4.68 Å². The Morgan fingerprint density at radius 1 is 1.40 bits per heavy atom. The minimum Gasteiger partial charge on any atom is -0.336 e. The Labute approximate surface area is 159 Å². The Morgan fingerprint density at radius 2 is 2.16 bits per heavy atom. The molecular weight excluding hydrogens is 359 g/mol. The molecule has 1 atom stereocenters. The third-order valence-corrected chi connectivity index (χ3v) is 4.53. The average Bonchev–Trinajstić information content (AvgIpc) is 2.99. The van der Waals surface area contributed by atoms with E-state index in [0.29, 0.717) is 16.6 Å². The van der Waals surface area contributed by atoms with Gasteiger partial charge in [-0.15, -0.1) is 12.4 Å². The molecule has 0 aliphatic carbocycles. The highest BCUT2D eigenvalue weighted by atomic mass is 35.5. The zero-order valence-electron chi connectivity index (χ0n) is 14.7. The highest BCUT2D eigenvalue weighted by Crippen LogP contribution is 2.25. The van der Waals surface area contributed by atoms with Gasteiger partial charge in [-0.3, -0.25) is 4.79 Å². The summed E-state index contributed by atoms with van der Waals surface area (Å²) in [7, 11) is 0. The zero-order valence-corrected chi connectivity index (χ0v) is 16.3. The van der Waals surface area contributed by atoms with E-state index in [2.05, 4.69) is 31.2 Å². The van der Waals surface area contributed by atoms with Gasteiger partial charge in [-0.05, 0) is 31.0 Å². The summed E-state index contributed by atoms with van der Waals surface area (Å²) in [5.41, 5.74) is 2.48. The summed E-state index contributed by atoms with van der Waals surface area (Å²) in [5, 5.41) is 8.50. The van der Waals surface area contributed by atoms with Crippen molar-refractivity contribution in [2.75, 3.05) is 19.6 Å². The summed E-state index contributed by atoms with van der Waals surface area (Å²) in [6.07, 6.45) is 1.69. The molecule has 1 aliphatic heterocycles. The molecule has 25 heavy (non-hydrogen) atoms. The van der Waals surface area contributed by atoms with Crippen LogP contribution < -0.4 is 5.32 Å². The second-order valence-electron chi connectivity index (χ2n) is 6.60. The molecule has 2 aromatic rings. The Morgan fingerprint density at radius 3 is 2.80 bits per heavy atom. The first kappa shape index (κ1) is 19.8. The molecule has 1 amide bonds. The Balaban J connectivity index is 0.00000225. The van der Waals surface area contributed by atoms with Gasteiger partial charge < -0.3 is 10.2 Å². The predicted molar refractivity (Wildman–Crippen MR) is 103 cm³/mol. The van der Waals surface area contributed by atoms with Crippen molar-refractivity contribution < 1.29 is 4.79 Å². The molecule has 0 radical (unpaired) electrons. The van der Waals surface area contributed by atoms with Crippen molar-refractivity contribution in [3.8, 4) is 5.69 Å². The number of hydrogen-bond donors (Lipinski definition) is 1. The Hall–Kier alpha value is -1.56. The number of rotatable bonds is 3. The van der Waals surface area contributed by atoms with Crippen LogP contribution >= 0.6 is 24.0 Å². The van der Waals surface area contributed by atoms with Crippen molar-refractivity contribution in [3.63, 3.8) is 0 Å². The lowest BCUT2D eigenvalue weighted by Crippen LogP contribution is -2.51. The molecule has 1 aliphatic rings. The molecule has 1 aromatic carbocycles. The van der Waals surface area contributed by atoms with E-state index < -0.39 is 0 Å². The van der Waals surface area contributed by atoms with Crippen molar-refractivity contribution in [2.24, 2.45) is 0 Å². The van der Waals surface area contributed by atoms with Crippen molar-refractivity contribution in [1.82, 2.24) is 20.0 Å². The monoisotopic (exact) mass is 382 g/mol. The van der Waals surface area contributed by atoms with E-state index in [1.165, 1.54) is 0 Å². The lowest BCUT2D eigenvalue weighted by molar-refractivity contribution is 0.0707. The lowest BCUT2D eigenvalue weighted by atomic mass is 10.0. The van der Waals surface area contributed by atoms with Crippen LogP contribution in [0.4, 0.5) is 0 Å². The largest absolute Gasteiger partial charge is 0.336 e. The number of piperazine rings is 1. The number of nitrogens with one attached hydrogen (secondary N) is 1. The number of amides is 1. The van der Waals surface area contributed by atoms with Crippen LogP contribution in [0.2, 0.25) is 5.02 Å². The number of carbonyl (C=O) groups excluding carboxylic acids is 1. The van der Waals surface area contributed by atoms with E-state index in [1.807, 2.05) is 33.8 Å². The molecule has 7 heteroatoms. The summed E-state index contributed by atoms with van der Waals surface area (Å²) in [4.78, 5) is 14.9. The molecule has 136 valence electrons. The molecular formula is C18H24Cl2N4O. The molecule has 1 unspecified atom stereocenters. The van der Waals surface area contributed by atoms with Gasteiger partial charge in [-0.1, -0.05) is 31.5 Å². The van der Waals surface area contributed by atoms with E-state index in [4.69, 9.17) is 11.6 Å². The second kappa shape index (κ2) is 8.21. The number of aromatic nitrogens is 2. The highest BCUT2D eigenvalue weighted by molar-refractivity contribution is 6.30. The van der Waals surface area contributed by atoms with Crippen LogP contribution in [-0.4, -0.2) is 46.3 Å². The highest BCUT2D eigenvalue weighted by Gasteiger charge is 2.27. The molecule has 3 rings (SSSR count). The molecule has 2 heterocycles. The van der Waals surface area contributed by atoms with Gasteiger partial charge in [0, 0.05) is 30.7 Å². The standard InChI is InChI=1S/C18H23ClN4O.ClH/c1-12(2)17-16(18(24)22-8-7-20-13(3)11-22)10-21-23(17)15-6-4-5-14(19)9-15;/h4-6,9-10,12-13,20H,7-8,11H2,1-3H3;1H. The maximum Gasteiger partial charge on any atom is 0.257 e. The van der Waals surface area contributed by atoms with Crippen LogP contribution in [0, 0.1) is 0 Å². The topological polar surface area (TPSA) is 50.2 Å². The van der Waals surface area contributed by atoms with Gasteiger partial charge in [0.1, 0.15) is 0 Å². The molecule has 1 saturated heterocycles. The van der Waals surface area contributed by atoms with Crippen molar-refractivity contribution >= 4 is 29.9 Å². The summed E-state index contributed by atoms with van der Waals surface area (Å²) < 4.78 is 1.83. The molecule has 1 aromatic heterocycles. The van der Waals surface area contributed by atoms with Gasteiger partial charge in [0.2, 0.25) is 0 Å². The molecule has 1 fully saturated rings. The Bertz CT molecular complexity index is 744. The first-order valence-electron chi connectivity index (χ1n) is 8.34. The second-order valence-corrected chi connectivity index (χ2v) is 7.03. The molecule has 0 saturated carbocycles. The molecule has 0 bridgehead atoms. The molecule has 1 N–H and O–H groups in total. The van der Waals surface area contributed by atoms with Crippen molar-refractivity contribution in [1.29, 1.82) is 0 Å². The fourth-order valence-corrected chi connectivity index (χ4v) is 3.36. The fraction of sp³-hybridized carbons (Fsp3) is 0.444. The first-order chi connectivity index (χ1) is 11.5. The van der Waals surface area contributed by atoms with E-state index >= 15 is 0 Å². The summed E-state index contributed by atoms with van der Waals surface area (Å²) in [5.74, 6) is 0.228. The van der Waals surface area contributed by atoms with E-state index in [1.54, 1.807) is 6.20 Å². The van der Waals surface area contributed by atoms with Gasteiger partial charge >= 0.3 is 0 Å². The first-order valence-corrected chi connectivity index (χ1v) is 8.71. The van der Waals surface area contributed by atoms with Gasteiger partial charge in [0.25, 0.3) is 5.91 Å². The third-order valence-electron chi connectivity index (χ3n) is 4.29. The number of hydrogen-bond acceptors (Lipinski definition) is 3. The Kier molecular flexibility index (Phi) is 6.49. The van der Waals surface area contributed by atoms with Crippen LogP contribution in [0.1, 0.15) is 42.7 Å². The molecule has 5 nitrogen and oxygen atoms in total. The minimum absolute atomic E-state index is 0. The van der Waals surface area contributed by atoms with Crippen LogP contribution in [0.15, 0.2) is 30.5 Å². The maximum atomic E-state index is 13.0. The predicted octanol–water partition coefficient (Wildman–Crippen LogP) is 3.50. The minimum atomic E-state index is 0. The fourth-order valence-electron chi connectivity index (χ4n) is 3.18. The van der Waals surface area contributed by atoms with Crippen LogP contribution in [-0.2, 0) is 0 Å². The number of halogens is 2. The average molecular weight is 383 g/mol. The SMILES string of the molecule is CC1CN(C(=O)c2cnn(-c3cccc(Cl)c3)c2C(C)C)CCN1.Cl. The van der Waals surface area contributed by atoms with Crippen LogP contribution in [0.3, 0.4) is 0 Å². The zero-order chi connectivity index (χ0) is 17.3. The lowest BCUT2D eigenvalue weighted by Gasteiger charge is -2.32. The third kappa shape index (κ3) is 4.17. The summed E-state index contributed by atoms with van der Waals surface area (Å²) in [6.45, 7) is 8.52. The summed E-state index contributed by atoms with van der Waals surface area (Å²) >= 11 is 6.11. The van der Waals surface area contributed by atoms with Crippen LogP contribution in [0.5, 0.6) is 0 Å². The quantitative estimate of drug-likeness (QED) is 0.883. The summed E-state index contributed by atoms with van der Waals surface area (Å²) in [6, 6.07) is 7.85. The number of benzene rings is 1. The van der Waals surface area contributed by atoms with Crippen LogP contribution in [0.25, 0.3) is 5.69 Å². The maximum absolute atomic E-state index is 13.0. The molecule has 0 spiro atoms. The van der Waals surface area contributed by atoms with Gasteiger partial charge in [-0.2, -0.15) is 5.10 Å². The normalized spacial score (nSPS) is 17.5. The van der Waals surface area contributed by atoms with Gasteiger partial charge in [0.15, 0.2) is 0 Å². The van der Waals surface area contributed by atoms with Crippen molar-refractivity contribution in [2.45, 2.75) is 32.7 Å². The van der Waals surface area contributed by atoms with Gasteiger partial charge in [0.05, 0.1) is 23.1 Å². The smallest absolute Gasteiger partial charge is 0.257 e. The number of nitrogens with zero attached hydrogens (tertiary/aromatic N) is 3. The van der Waals surface area contributed by atoms with E-state index in [9.17, 15) is 4.79 Å². The number of carbonyl (C=O) groups is 1.